The van der Waals surface area contributed by atoms with E-state index in [9.17, 15) is 9.59 Å². The maximum absolute atomic E-state index is 12.3. The predicted molar refractivity (Wildman–Crippen MR) is 93.5 cm³/mol. The minimum atomic E-state index is -0.228. The van der Waals surface area contributed by atoms with Gasteiger partial charge in [-0.05, 0) is 50.1 Å². The van der Waals surface area contributed by atoms with Crippen LogP contribution in [0.3, 0.4) is 0 Å². The van der Waals surface area contributed by atoms with Crippen molar-refractivity contribution < 1.29 is 9.59 Å². The number of thiazole rings is 1. The lowest BCUT2D eigenvalue weighted by molar-refractivity contribution is 0.101. The van der Waals surface area contributed by atoms with Crippen molar-refractivity contribution in [3.8, 4) is 0 Å². The van der Waals surface area contributed by atoms with Gasteiger partial charge in [0.05, 0.1) is 10.2 Å². The van der Waals surface area contributed by atoms with Gasteiger partial charge in [-0.15, -0.1) is 0 Å². The van der Waals surface area contributed by atoms with Gasteiger partial charge in [0.15, 0.2) is 10.9 Å². The fourth-order valence-corrected chi connectivity index (χ4v) is 3.37. The summed E-state index contributed by atoms with van der Waals surface area (Å²) in [5.74, 6) is -0.248. The summed E-state index contributed by atoms with van der Waals surface area (Å²) in [6, 6.07) is 10.7. The number of aromatic nitrogens is 1. The van der Waals surface area contributed by atoms with E-state index in [-0.39, 0.29) is 11.7 Å². The molecule has 23 heavy (non-hydrogen) atoms. The standard InChI is InChI=1S/C18H16N2O2S/c1-10-8-11(2)16-15(9-10)19-18(23-16)20-17(22)14-6-4-13(5-7-14)12(3)21/h4-9H,1-3H3,(H,19,20,22). The molecule has 0 aliphatic rings. The number of anilines is 1. The van der Waals surface area contributed by atoms with Gasteiger partial charge in [-0.3, -0.25) is 14.9 Å². The molecule has 5 heteroatoms. The molecule has 2 aromatic carbocycles. The third-order valence-electron chi connectivity index (χ3n) is 3.59. The van der Waals surface area contributed by atoms with Gasteiger partial charge in [0.25, 0.3) is 5.91 Å². The van der Waals surface area contributed by atoms with Crippen molar-refractivity contribution in [3.05, 3.63) is 58.7 Å². The van der Waals surface area contributed by atoms with E-state index in [0.29, 0.717) is 16.3 Å². The van der Waals surface area contributed by atoms with Gasteiger partial charge in [0, 0.05) is 11.1 Å². The third-order valence-corrected chi connectivity index (χ3v) is 4.72. The normalized spacial score (nSPS) is 10.7. The van der Waals surface area contributed by atoms with Gasteiger partial charge in [-0.25, -0.2) is 4.98 Å². The Balaban J connectivity index is 1.85. The highest BCUT2D eigenvalue weighted by molar-refractivity contribution is 7.22. The number of nitrogens with one attached hydrogen (secondary N) is 1. The highest BCUT2D eigenvalue weighted by atomic mass is 32.1. The van der Waals surface area contributed by atoms with Crippen molar-refractivity contribution >= 4 is 38.4 Å². The van der Waals surface area contributed by atoms with Gasteiger partial charge < -0.3 is 0 Å². The lowest BCUT2D eigenvalue weighted by atomic mass is 10.1. The fourth-order valence-electron chi connectivity index (χ4n) is 2.46. The second-order valence-electron chi connectivity index (χ2n) is 5.54. The third kappa shape index (κ3) is 3.14. The largest absolute Gasteiger partial charge is 0.298 e. The van der Waals surface area contributed by atoms with Crippen LogP contribution >= 0.6 is 11.3 Å². The van der Waals surface area contributed by atoms with Crippen molar-refractivity contribution in [1.29, 1.82) is 0 Å². The molecule has 116 valence electrons. The Morgan fingerprint density at radius 2 is 1.70 bits per heavy atom. The van der Waals surface area contributed by atoms with E-state index < -0.39 is 0 Å². The quantitative estimate of drug-likeness (QED) is 0.728. The summed E-state index contributed by atoms with van der Waals surface area (Å²) in [6.45, 7) is 5.57. The zero-order chi connectivity index (χ0) is 16.6. The molecular weight excluding hydrogens is 308 g/mol. The first-order valence-corrected chi connectivity index (χ1v) is 8.06. The summed E-state index contributed by atoms with van der Waals surface area (Å²) >= 11 is 1.47. The van der Waals surface area contributed by atoms with E-state index in [0.717, 1.165) is 21.3 Å². The van der Waals surface area contributed by atoms with Crippen molar-refractivity contribution in [1.82, 2.24) is 4.98 Å². The molecule has 0 bridgehead atoms. The second-order valence-corrected chi connectivity index (χ2v) is 6.54. The van der Waals surface area contributed by atoms with E-state index in [1.165, 1.54) is 18.3 Å². The van der Waals surface area contributed by atoms with Gasteiger partial charge in [-0.1, -0.05) is 29.5 Å². The van der Waals surface area contributed by atoms with Gasteiger partial charge in [0.1, 0.15) is 0 Å². The Kier molecular flexibility index (Phi) is 3.96. The lowest BCUT2D eigenvalue weighted by Gasteiger charge is -2.02. The number of Topliss-reactive ketones (excluding diaryl/α,β-unsaturated/α-hetero) is 1. The maximum Gasteiger partial charge on any atom is 0.257 e. The van der Waals surface area contributed by atoms with Crippen molar-refractivity contribution in [3.63, 3.8) is 0 Å². The maximum atomic E-state index is 12.3. The van der Waals surface area contributed by atoms with Crippen LogP contribution in [0.4, 0.5) is 5.13 Å². The monoisotopic (exact) mass is 324 g/mol. The Morgan fingerprint density at radius 3 is 2.35 bits per heavy atom. The number of fused-ring (bicyclic) bond motifs is 1. The van der Waals surface area contributed by atoms with E-state index in [1.807, 2.05) is 19.9 Å². The van der Waals surface area contributed by atoms with E-state index in [4.69, 9.17) is 0 Å². The molecule has 0 unspecified atom stereocenters. The number of carbonyl (C=O) groups excluding carboxylic acids is 2. The van der Waals surface area contributed by atoms with Gasteiger partial charge in [0.2, 0.25) is 0 Å². The first-order chi connectivity index (χ1) is 10.9. The van der Waals surface area contributed by atoms with Crippen LogP contribution in [0.15, 0.2) is 36.4 Å². The molecule has 3 aromatic rings. The number of nitrogens with zero attached hydrogens (tertiary/aromatic N) is 1. The lowest BCUT2D eigenvalue weighted by Crippen LogP contribution is -2.11. The first-order valence-electron chi connectivity index (χ1n) is 7.24. The smallest absolute Gasteiger partial charge is 0.257 e. The van der Waals surface area contributed by atoms with Gasteiger partial charge in [-0.2, -0.15) is 0 Å². The highest BCUT2D eigenvalue weighted by Crippen LogP contribution is 2.30. The molecule has 0 saturated carbocycles. The molecule has 0 aliphatic heterocycles. The van der Waals surface area contributed by atoms with Crippen LogP contribution in [-0.2, 0) is 0 Å². The number of benzene rings is 2. The van der Waals surface area contributed by atoms with E-state index in [2.05, 4.69) is 16.4 Å². The Morgan fingerprint density at radius 1 is 1.04 bits per heavy atom. The molecule has 0 atom stereocenters. The van der Waals surface area contributed by atoms with Crippen LogP contribution in [0.2, 0.25) is 0 Å². The van der Waals surface area contributed by atoms with Crippen LogP contribution < -0.4 is 5.32 Å². The van der Waals surface area contributed by atoms with Crippen molar-refractivity contribution in [2.45, 2.75) is 20.8 Å². The zero-order valence-electron chi connectivity index (χ0n) is 13.1. The van der Waals surface area contributed by atoms with Crippen LogP contribution in [0.1, 0.15) is 38.8 Å². The summed E-state index contributed by atoms with van der Waals surface area (Å²) in [6.07, 6.45) is 0. The average molecular weight is 324 g/mol. The summed E-state index contributed by atoms with van der Waals surface area (Å²) in [7, 11) is 0. The molecule has 1 N–H and O–H groups in total. The van der Waals surface area contributed by atoms with Gasteiger partial charge >= 0.3 is 0 Å². The van der Waals surface area contributed by atoms with E-state index >= 15 is 0 Å². The molecule has 1 aromatic heterocycles. The molecule has 1 heterocycles. The topological polar surface area (TPSA) is 59.1 Å². The molecule has 0 aliphatic carbocycles. The molecule has 1 amide bonds. The fraction of sp³-hybridized carbons (Fsp3) is 0.167. The molecule has 3 rings (SSSR count). The summed E-state index contributed by atoms with van der Waals surface area (Å²) in [4.78, 5) is 28.0. The highest BCUT2D eigenvalue weighted by Gasteiger charge is 2.12. The molecule has 4 nitrogen and oxygen atoms in total. The number of rotatable bonds is 3. The summed E-state index contributed by atoms with van der Waals surface area (Å²) < 4.78 is 1.08. The molecule has 0 radical (unpaired) electrons. The SMILES string of the molecule is CC(=O)c1ccc(C(=O)Nc2nc3cc(C)cc(C)c3s2)cc1. The van der Waals surface area contributed by atoms with Crippen molar-refractivity contribution in [2.75, 3.05) is 5.32 Å². The Labute approximate surface area is 138 Å². The van der Waals surface area contributed by atoms with Crippen LogP contribution in [-0.4, -0.2) is 16.7 Å². The zero-order valence-corrected chi connectivity index (χ0v) is 14.0. The molecular formula is C18H16N2O2S. The van der Waals surface area contributed by atoms with Crippen molar-refractivity contribution in [2.24, 2.45) is 0 Å². The molecule has 0 fully saturated rings. The van der Waals surface area contributed by atoms with E-state index in [1.54, 1.807) is 24.3 Å². The average Bonchev–Trinajstić information content (AvgIpc) is 2.90. The minimum Gasteiger partial charge on any atom is -0.298 e. The Hall–Kier alpha value is -2.53. The first kappa shape index (κ1) is 15.4. The number of carbonyl (C=O) groups is 2. The van der Waals surface area contributed by atoms with Crippen LogP contribution in [0.5, 0.6) is 0 Å². The number of hydrogen-bond acceptors (Lipinski definition) is 4. The second kappa shape index (κ2) is 5.93. The van der Waals surface area contributed by atoms with Crippen LogP contribution in [0.25, 0.3) is 10.2 Å². The molecule has 0 spiro atoms. The molecule has 0 saturated heterocycles. The summed E-state index contributed by atoms with van der Waals surface area (Å²) in [5, 5.41) is 3.40. The summed E-state index contributed by atoms with van der Waals surface area (Å²) in [5.41, 5.74) is 4.30. The van der Waals surface area contributed by atoms with Crippen LogP contribution in [0, 0.1) is 13.8 Å². The Bertz CT molecular complexity index is 911. The predicted octanol–water partition coefficient (Wildman–Crippen LogP) is 4.37. The number of amides is 1. The number of hydrogen-bond donors (Lipinski definition) is 1. The number of ketones is 1. The minimum absolute atomic E-state index is 0.0195. The number of aryl methyl sites for hydroxylation is 2.